The Hall–Kier alpha value is -1.13. The highest BCUT2D eigenvalue weighted by Crippen LogP contribution is 2.25. The second-order valence-corrected chi connectivity index (χ2v) is 5.34. The van der Waals surface area contributed by atoms with E-state index in [-0.39, 0.29) is 6.61 Å². The number of aryl methyl sites for hydroxylation is 3. The molecule has 0 aliphatic rings. The largest absolute Gasteiger partial charge is 0.396 e. The van der Waals surface area contributed by atoms with Crippen LogP contribution < -0.4 is 0 Å². The van der Waals surface area contributed by atoms with Crippen LogP contribution in [-0.4, -0.2) is 21.5 Å². The SMILES string of the molecule is Cc1cc(C)cc(-n2nc(C)c(CCO)c2Br)c1. The molecule has 18 heavy (non-hydrogen) atoms. The molecule has 0 atom stereocenters. The topological polar surface area (TPSA) is 38.0 Å². The first-order valence-electron chi connectivity index (χ1n) is 5.96. The smallest absolute Gasteiger partial charge is 0.113 e. The van der Waals surface area contributed by atoms with E-state index in [0.717, 1.165) is 21.5 Å². The van der Waals surface area contributed by atoms with E-state index in [1.807, 2.05) is 11.6 Å². The molecule has 0 aliphatic carbocycles. The molecule has 0 unspecified atom stereocenters. The molecule has 1 aromatic carbocycles. The average molecular weight is 309 g/mol. The zero-order valence-corrected chi connectivity index (χ0v) is 12.5. The number of hydrogen-bond acceptors (Lipinski definition) is 2. The van der Waals surface area contributed by atoms with Crippen molar-refractivity contribution >= 4 is 15.9 Å². The highest BCUT2D eigenvalue weighted by molar-refractivity contribution is 9.10. The fourth-order valence-electron chi connectivity index (χ4n) is 2.17. The Morgan fingerprint density at radius 3 is 2.33 bits per heavy atom. The highest BCUT2D eigenvalue weighted by atomic mass is 79.9. The maximum atomic E-state index is 9.08. The third-order valence-electron chi connectivity index (χ3n) is 2.93. The van der Waals surface area contributed by atoms with Crippen LogP contribution in [0.2, 0.25) is 0 Å². The monoisotopic (exact) mass is 308 g/mol. The standard InChI is InChI=1S/C14H17BrN2O/c1-9-6-10(2)8-12(7-9)17-14(15)13(4-5-18)11(3)16-17/h6-8,18H,4-5H2,1-3H3. The van der Waals surface area contributed by atoms with Gasteiger partial charge in [-0.15, -0.1) is 0 Å². The van der Waals surface area contributed by atoms with Crippen molar-refractivity contribution in [3.63, 3.8) is 0 Å². The zero-order chi connectivity index (χ0) is 13.3. The third kappa shape index (κ3) is 2.49. The molecule has 0 saturated heterocycles. The number of aromatic nitrogens is 2. The van der Waals surface area contributed by atoms with Crippen molar-refractivity contribution in [3.05, 3.63) is 45.2 Å². The number of rotatable bonds is 3. The molecule has 1 heterocycles. The molecule has 0 saturated carbocycles. The normalized spacial score (nSPS) is 10.9. The fraction of sp³-hybridized carbons (Fsp3) is 0.357. The quantitative estimate of drug-likeness (QED) is 0.946. The van der Waals surface area contributed by atoms with Gasteiger partial charge >= 0.3 is 0 Å². The minimum atomic E-state index is 0.137. The van der Waals surface area contributed by atoms with Crippen LogP contribution in [0.15, 0.2) is 22.8 Å². The van der Waals surface area contributed by atoms with Crippen LogP contribution in [0, 0.1) is 20.8 Å². The van der Waals surface area contributed by atoms with Gasteiger partial charge in [0.15, 0.2) is 0 Å². The van der Waals surface area contributed by atoms with Gasteiger partial charge in [0, 0.05) is 18.6 Å². The van der Waals surface area contributed by atoms with Crippen molar-refractivity contribution in [1.29, 1.82) is 0 Å². The molecule has 2 rings (SSSR count). The van der Waals surface area contributed by atoms with E-state index in [9.17, 15) is 0 Å². The summed E-state index contributed by atoms with van der Waals surface area (Å²) >= 11 is 3.58. The van der Waals surface area contributed by atoms with Crippen LogP contribution in [0.25, 0.3) is 5.69 Å². The van der Waals surface area contributed by atoms with E-state index in [4.69, 9.17) is 5.11 Å². The van der Waals surface area contributed by atoms with Crippen LogP contribution in [-0.2, 0) is 6.42 Å². The summed E-state index contributed by atoms with van der Waals surface area (Å²) in [7, 11) is 0. The molecule has 0 amide bonds. The van der Waals surface area contributed by atoms with Crippen LogP contribution in [0.3, 0.4) is 0 Å². The average Bonchev–Trinajstić information content (AvgIpc) is 2.56. The summed E-state index contributed by atoms with van der Waals surface area (Å²) in [4.78, 5) is 0. The second-order valence-electron chi connectivity index (χ2n) is 4.59. The number of aliphatic hydroxyl groups is 1. The number of halogens is 1. The summed E-state index contributed by atoms with van der Waals surface area (Å²) in [6.45, 7) is 6.26. The van der Waals surface area contributed by atoms with Gasteiger partial charge in [0.05, 0.1) is 11.4 Å². The van der Waals surface area contributed by atoms with Crippen molar-refractivity contribution in [2.45, 2.75) is 27.2 Å². The number of hydrogen-bond donors (Lipinski definition) is 1. The van der Waals surface area contributed by atoms with Gasteiger partial charge in [-0.05, 0) is 60.0 Å². The Labute approximate surface area is 116 Å². The van der Waals surface area contributed by atoms with Crippen LogP contribution in [0.1, 0.15) is 22.4 Å². The lowest BCUT2D eigenvalue weighted by molar-refractivity contribution is 0.299. The Kier molecular flexibility index (Phi) is 3.88. The highest BCUT2D eigenvalue weighted by Gasteiger charge is 2.13. The molecule has 2 aromatic rings. The van der Waals surface area contributed by atoms with E-state index >= 15 is 0 Å². The zero-order valence-electron chi connectivity index (χ0n) is 10.9. The molecule has 0 spiro atoms. The molecule has 3 nitrogen and oxygen atoms in total. The molecule has 0 radical (unpaired) electrons. The van der Waals surface area contributed by atoms with E-state index in [0.29, 0.717) is 6.42 Å². The van der Waals surface area contributed by atoms with Gasteiger partial charge in [-0.3, -0.25) is 0 Å². The van der Waals surface area contributed by atoms with Crippen LogP contribution in [0.5, 0.6) is 0 Å². The maximum absolute atomic E-state index is 9.08. The molecule has 96 valence electrons. The van der Waals surface area contributed by atoms with Gasteiger partial charge in [-0.2, -0.15) is 5.10 Å². The third-order valence-corrected chi connectivity index (χ3v) is 3.75. The second kappa shape index (κ2) is 5.24. The number of nitrogens with zero attached hydrogens (tertiary/aromatic N) is 2. The van der Waals surface area contributed by atoms with Crippen molar-refractivity contribution in [3.8, 4) is 5.69 Å². The summed E-state index contributed by atoms with van der Waals surface area (Å²) in [6, 6.07) is 6.35. The van der Waals surface area contributed by atoms with E-state index < -0.39 is 0 Å². The Balaban J connectivity index is 2.54. The lowest BCUT2D eigenvalue weighted by Gasteiger charge is -2.06. The summed E-state index contributed by atoms with van der Waals surface area (Å²) in [6.07, 6.45) is 0.622. The first kappa shape index (κ1) is 13.3. The van der Waals surface area contributed by atoms with E-state index in [2.05, 4.69) is 53.1 Å². The molecule has 1 aromatic heterocycles. The Bertz CT molecular complexity index is 555. The van der Waals surface area contributed by atoms with Gasteiger partial charge in [0.2, 0.25) is 0 Å². The van der Waals surface area contributed by atoms with Gasteiger partial charge in [-0.1, -0.05) is 6.07 Å². The molecule has 0 bridgehead atoms. The van der Waals surface area contributed by atoms with E-state index in [1.165, 1.54) is 11.1 Å². The van der Waals surface area contributed by atoms with Gasteiger partial charge in [0.1, 0.15) is 4.60 Å². The van der Waals surface area contributed by atoms with Crippen molar-refractivity contribution < 1.29 is 5.11 Å². The van der Waals surface area contributed by atoms with Gasteiger partial charge < -0.3 is 5.11 Å². The summed E-state index contributed by atoms with van der Waals surface area (Å²) in [5.41, 5.74) is 5.50. The summed E-state index contributed by atoms with van der Waals surface area (Å²) in [5, 5.41) is 13.6. The van der Waals surface area contributed by atoms with Crippen molar-refractivity contribution in [1.82, 2.24) is 9.78 Å². The Morgan fingerprint density at radius 1 is 1.17 bits per heavy atom. The lowest BCUT2D eigenvalue weighted by Crippen LogP contribution is -1.98. The minimum absolute atomic E-state index is 0.137. The Morgan fingerprint density at radius 2 is 1.78 bits per heavy atom. The fourth-order valence-corrected chi connectivity index (χ4v) is 2.94. The minimum Gasteiger partial charge on any atom is -0.396 e. The van der Waals surface area contributed by atoms with Gasteiger partial charge in [-0.25, -0.2) is 4.68 Å². The van der Waals surface area contributed by atoms with Crippen molar-refractivity contribution in [2.24, 2.45) is 0 Å². The first-order chi connectivity index (χ1) is 8.52. The predicted octanol–water partition coefficient (Wildman–Crippen LogP) is 3.09. The molecule has 0 fully saturated rings. The predicted molar refractivity (Wildman–Crippen MR) is 76.3 cm³/mol. The molecular weight excluding hydrogens is 292 g/mol. The lowest BCUT2D eigenvalue weighted by atomic mass is 10.1. The summed E-state index contributed by atoms with van der Waals surface area (Å²) < 4.78 is 2.82. The molecule has 0 aliphatic heterocycles. The van der Waals surface area contributed by atoms with Crippen molar-refractivity contribution in [2.75, 3.05) is 6.61 Å². The molecular formula is C14H17BrN2O. The number of benzene rings is 1. The molecule has 4 heteroatoms. The maximum Gasteiger partial charge on any atom is 0.113 e. The van der Waals surface area contributed by atoms with E-state index in [1.54, 1.807) is 0 Å². The van der Waals surface area contributed by atoms with Gasteiger partial charge in [0.25, 0.3) is 0 Å². The number of aliphatic hydroxyl groups excluding tert-OH is 1. The van der Waals surface area contributed by atoms with Crippen LogP contribution >= 0.6 is 15.9 Å². The van der Waals surface area contributed by atoms with Crippen LogP contribution in [0.4, 0.5) is 0 Å². The summed E-state index contributed by atoms with van der Waals surface area (Å²) in [5.74, 6) is 0. The molecule has 1 N–H and O–H groups in total. The first-order valence-corrected chi connectivity index (χ1v) is 6.75.